The van der Waals surface area contributed by atoms with Gasteiger partial charge in [0.05, 0.1) is 12.4 Å². The topological polar surface area (TPSA) is 312 Å². The molecule has 0 amide bonds. The van der Waals surface area contributed by atoms with Gasteiger partial charge in [0.1, 0.15) is 46.4 Å². The molecule has 72 heavy (non-hydrogen) atoms. The average Bonchev–Trinajstić information content (AvgIpc) is 3.34. The Hall–Kier alpha value is -7.69. The van der Waals surface area contributed by atoms with Gasteiger partial charge in [-0.1, -0.05) is 121 Å². The molecule has 0 unspecified atom stereocenters. The van der Waals surface area contributed by atoms with Gasteiger partial charge in [0, 0.05) is 53.6 Å². The fourth-order valence-corrected chi connectivity index (χ4v) is 9.47. The van der Waals surface area contributed by atoms with Crippen molar-refractivity contribution in [1.29, 1.82) is 10.8 Å². The van der Waals surface area contributed by atoms with Gasteiger partial charge in [0.2, 0.25) is 20.0 Å². The maximum atomic E-state index is 13.4. The summed E-state index contributed by atoms with van der Waals surface area (Å²) in [6.07, 6.45) is 6.60. The first-order chi connectivity index (χ1) is 34.0. The van der Waals surface area contributed by atoms with Crippen molar-refractivity contribution in [3.05, 3.63) is 194 Å². The Morgan fingerprint density at radius 1 is 0.611 bits per heavy atom. The summed E-state index contributed by atoms with van der Waals surface area (Å²) in [5, 5.41) is 21.2. The van der Waals surface area contributed by atoms with Gasteiger partial charge in [-0.05, 0) is 54.5 Å². The maximum absolute atomic E-state index is 13.4. The van der Waals surface area contributed by atoms with E-state index >= 15 is 0 Å². The van der Waals surface area contributed by atoms with Crippen LogP contribution >= 0.6 is 12.4 Å². The van der Waals surface area contributed by atoms with Crippen molar-refractivity contribution in [3.8, 4) is 22.8 Å². The van der Waals surface area contributed by atoms with Crippen LogP contribution in [0.3, 0.4) is 0 Å². The number of sulfonamides is 2. The van der Waals surface area contributed by atoms with Gasteiger partial charge in [-0.25, -0.2) is 36.2 Å². The van der Waals surface area contributed by atoms with Gasteiger partial charge in [-0.15, -0.1) is 12.4 Å². The van der Waals surface area contributed by atoms with Gasteiger partial charge in [-0.2, -0.15) is 0 Å². The summed E-state index contributed by atoms with van der Waals surface area (Å²) in [4.78, 5) is 35.5. The molecule has 0 saturated heterocycles. The minimum absolute atomic E-state index is 0. The summed E-state index contributed by atoms with van der Waals surface area (Å²) >= 11 is 0. The van der Waals surface area contributed by atoms with Crippen molar-refractivity contribution >= 4 is 61.2 Å². The van der Waals surface area contributed by atoms with E-state index < -0.39 is 42.9 Å². The highest BCUT2D eigenvalue weighted by Crippen LogP contribution is 2.24. The first-order valence-corrected chi connectivity index (χ1v) is 25.8. The molecule has 1 saturated carbocycles. The van der Waals surface area contributed by atoms with E-state index in [1.165, 1.54) is 17.0 Å². The van der Waals surface area contributed by atoms with Crippen LogP contribution in [0.25, 0.3) is 22.8 Å². The molecule has 1 aliphatic rings. The van der Waals surface area contributed by atoms with Gasteiger partial charge in [0.25, 0.3) is 11.1 Å². The number of hydrogen-bond acceptors (Lipinski definition) is 13. The van der Waals surface area contributed by atoms with Crippen molar-refractivity contribution in [2.75, 3.05) is 22.9 Å². The highest BCUT2D eigenvalue weighted by Gasteiger charge is 2.23. The molecule has 19 nitrogen and oxygen atoms in total. The number of nitrogens with two attached hydrogens (primary N) is 3. The molecule has 0 radical (unpaired) electrons. The van der Waals surface area contributed by atoms with Gasteiger partial charge < -0.3 is 27.8 Å². The Kier molecular flexibility index (Phi) is 18.2. The molecule has 2 heterocycles. The predicted molar refractivity (Wildman–Crippen MR) is 286 cm³/mol. The van der Waals surface area contributed by atoms with Crippen LogP contribution in [0.5, 0.6) is 0 Å². The number of hydrogen-bond donors (Lipinski definition) is 9. The van der Waals surface area contributed by atoms with Crippen molar-refractivity contribution in [2.24, 2.45) is 11.5 Å². The predicted octanol–water partition coefficient (Wildman–Crippen LogP) is 5.17. The Labute approximate surface area is 423 Å². The monoisotopic (exact) mass is 1030 g/mol. The SMILES string of the molecule is Cl.N=C(N)c1ccc(CNS(=O)(=O)Cn2c(-c3cccc(N)c3)ncc(NC3CCC3)c2=O)cc1.N=C(N)c1ccc(CNS(=O)(=O)Cn2c(-c3ccccc3)ncc(NCCc3ccccc3)c2=O)cc1. The van der Waals surface area contributed by atoms with Gasteiger partial charge in [0.15, 0.2) is 0 Å². The van der Waals surface area contributed by atoms with Crippen LogP contribution in [0.4, 0.5) is 17.1 Å². The largest absolute Gasteiger partial charge is 0.399 e. The highest BCUT2D eigenvalue weighted by molar-refractivity contribution is 7.88. The zero-order chi connectivity index (χ0) is 50.5. The van der Waals surface area contributed by atoms with Crippen molar-refractivity contribution in [1.82, 2.24) is 28.5 Å². The van der Waals surface area contributed by atoms with Crippen LogP contribution in [0.2, 0.25) is 0 Å². The molecule has 5 aromatic carbocycles. The van der Waals surface area contributed by atoms with E-state index in [1.54, 1.807) is 97.1 Å². The number of benzene rings is 5. The van der Waals surface area contributed by atoms with Crippen LogP contribution < -0.4 is 48.4 Å². The second-order valence-electron chi connectivity index (χ2n) is 16.7. The molecular formula is C50H56ClN13O6S2. The fraction of sp³-hybridized carbons (Fsp3) is 0.200. The number of amidine groups is 2. The quantitative estimate of drug-likeness (QED) is 0.0271. The lowest BCUT2D eigenvalue weighted by Crippen LogP contribution is -2.36. The lowest BCUT2D eigenvalue weighted by atomic mass is 9.93. The Morgan fingerprint density at radius 3 is 1.57 bits per heavy atom. The first kappa shape index (κ1) is 53.7. The van der Waals surface area contributed by atoms with E-state index in [1.807, 2.05) is 36.4 Å². The molecule has 8 rings (SSSR count). The molecule has 0 aliphatic heterocycles. The van der Waals surface area contributed by atoms with Crippen LogP contribution in [0.15, 0.2) is 155 Å². The van der Waals surface area contributed by atoms with E-state index in [-0.39, 0.29) is 66.2 Å². The Bertz CT molecular complexity index is 3340. The smallest absolute Gasteiger partial charge is 0.278 e. The van der Waals surface area contributed by atoms with Crippen molar-refractivity contribution in [2.45, 2.75) is 56.6 Å². The second kappa shape index (κ2) is 24.4. The molecule has 376 valence electrons. The first-order valence-electron chi connectivity index (χ1n) is 22.5. The van der Waals surface area contributed by atoms with E-state index in [4.69, 9.17) is 28.0 Å². The molecule has 0 spiro atoms. The normalized spacial score (nSPS) is 12.3. The maximum Gasteiger partial charge on any atom is 0.278 e. The third-order valence-corrected chi connectivity index (χ3v) is 13.8. The lowest BCUT2D eigenvalue weighted by Gasteiger charge is -2.27. The summed E-state index contributed by atoms with van der Waals surface area (Å²) in [5.41, 5.74) is 21.6. The zero-order valence-electron chi connectivity index (χ0n) is 39.0. The zero-order valence-corrected chi connectivity index (χ0v) is 41.4. The minimum atomic E-state index is -3.91. The second-order valence-corrected chi connectivity index (χ2v) is 20.3. The molecular weight excluding hydrogens is 978 g/mol. The van der Waals surface area contributed by atoms with Gasteiger partial charge >= 0.3 is 0 Å². The molecule has 7 aromatic rings. The number of nitrogens with zero attached hydrogens (tertiary/aromatic N) is 4. The third kappa shape index (κ3) is 14.7. The number of nitrogens with one attached hydrogen (secondary N) is 6. The molecule has 1 aliphatic carbocycles. The van der Waals surface area contributed by atoms with Crippen molar-refractivity contribution in [3.63, 3.8) is 0 Å². The van der Waals surface area contributed by atoms with Crippen molar-refractivity contribution < 1.29 is 16.8 Å². The Morgan fingerprint density at radius 2 is 1.08 bits per heavy atom. The van der Waals surface area contributed by atoms with E-state index in [0.29, 0.717) is 52.0 Å². The molecule has 22 heteroatoms. The number of aromatic nitrogens is 4. The van der Waals surface area contributed by atoms with Crippen LogP contribution in [-0.2, 0) is 51.3 Å². The summed E-state index contributed by atoms with van der Waals surface area (Å²) < 4.78 is 59.3. The summed E-state index contributed by atoms with van der Waals surface area (Å²) in [6, 6.07) is 39.2. The van der Waals surface area contributed by atoms with E-state index in [9.17, 15) is 26.4 Å². The number of halogens is 1. The highest BCUT2D eigenvalue weighted by atomic mass is 35.5. The van der Waals surface area contributed by atoms with E-state index in [0.717, 1.165) is 29.4 Å². The summed E-state index contributed by atoms with van der Waals surface area (Å²) in [7, 11) is -7.83. The number of anilines is 3. The molecule has 1 fully saturated rings. The third-order valence-electron chi connectivity index (χ3n) is 11.4. The fourth-order valence-electron chi connectivity index (χ4n) is 7.35. The molecule has 0 atom stereocenters. The number of nitrogen functional groups attached to an aromatic ring is 3. The van der Waals surface area contributed by atoms with Crippen LogP contribution in [0, 0.1) is 10.8 Å². The molecule has 12 N–H and O–H groups in total. The van der Waals surface area contributed by atoms with Crippen LogP contribution in [0.1, 0.15) is 47.1 Å². The number of rotatable bonds is 20. The summed E-state index contributed by atoms with van der Waals surface area (Å²) in [6.45, 7) is 0.543. The van der Waals surface area contributed by atoms with E-state index in [2.05, 4.69) is 30.0 Å². The Balaban J connectivity index is 0.000000233. The average molecular weight is 1030 g/mol. The molecule has 0 bridgehead atoms. The minimum Gasteiger partial charge on any atom is -0.399 e. The lowest BCUT2D eigenvalue weighted by molar-refractivity contribution is 0.444. The van der Waals surface area contributed by atoms with Crippen LogP contribution in [-0.4, -0.2) is 60.2 Å². The summed E-state index contributed by atoms with van der Waals surface area (Å²) in [5.74, 6) is -0.853. The van der Waals surface area contributed by atoms with Gasteiger partial charge in [-0.3, -0.25) is 29.5 Å². The molecule has 2 aromatic heterocycles. The standard InChI is InChI=1S/C27H28N6O3S.C23H27N7O3S.ClH/c28-25(29)22-13-11-21(12-14-22)17-32-37(35,36)19-33-26(23-9-5-2-6-10-23)31-18-24(27(33)34)30-16-15-20-7-3-1-4-8-20;24-18-4-1-3-17(11-18)22-27-13-20(29-19-5-2-6-19)23(31)30(22)14-34(32,33)28-12-15-7-9-16(10-8-15)21(25)26;/h1-14,18,30,32H,15-17,19H2,(H3,28,29);1,3-4,7-11,13,19,28-29H,2,5-6,12,14,24H2,(H3,25,26);1H.